The molecule has 0 saturated heterocycles. The molecule has 1 aromatic rings. The van der Waals surface area contributed by atoms with E-state index in [1.165, 1.54) is 53.7 Å². The molecule has 3 aliphatic rings. The predicted octanol–water partition coefficient (Wildman–Crippen LogP) is 4.69. The number of nitrogens with one attached hydrogen (secondary N) is 1. The number of hydrogen-bond donors (Lipinski definition) is 1. The Balaban J connectivity index is 1.27. The van der Waals surface area contributed by atoms with Gasteiger partial charge in [-0.25, -0.2) is 0 Å². The second-order valence-electron chi connectivity index (χ2n) is 10.0. The number of rotatable bonds is 10. The van der Waals surface area contributed by atoms with Crippen molar-refractivity contribution in [1.29, 1.82) is 0 Å². The smallest absolute Gasteiger partial charge is 0.131 e. The van der Waals surface area contributed by atoms with Crippen LogP contribution in [-0.2, 0) is 6.54 Å². The second-order valence-corrected chi connectivity index (χ2v) is 10.0. The Kier molecular flexibility index (Phi) is 6.54. The SMILES string of the molecule is CC(C)[N+](CCCNCC1=CCN2Cc3ccccc3OC=C12)(CC1CC1)C(C)C. The van der Waals surface area contributed by atoms with E-state index >= 15 is 0 Å². The van der Waals surface area contributed by atoms with Gasteiger partial charge in [0.25, 0.3) is 0 Å². The predicted molar refractivity (Wildman–Crippen MR) is 124 cm³/mol. The van der Waals surface area contributed by atoms with Crippen LogP contribution in [0.2, 0.25) is 0 Å². The molecule has 0 spiro atoms. The van der Waals surface area contributed by atoms with Crippen molar-refractivity contribution in [3.63, 3.8) is 0 Å². The molecule has 164 valence electrons. The molecule has 1 N–H and O–H groups in total. The molecule has 30 heavy (non-hydrogen) atoms. The lowest BCUT2D eigenvalue weighted by molar-refractivity contribution is -0.968. The Morgan fingerprint density at radius 1 is 1.13 bits per heavy atom. The van der Waals surface area contributed by atoms with E-state index in [0.717, 1.165) is 37.8 Å². The van der Waals surface area contributed by atoms with Crippen molar-refractivity contribution in [2.75, 3.05) is 32.7 Å². The van der Waals surface area contributed by atoms with Crippen molar-refractivity contribution in [2.45, 2.75) is 65.6 Å². The summed E-state index contributed by atoms with van der Waals surface area (Å²) in [6.07, 6.45) is 8.43. The summed E-state index contributed by atoms with van der Waals surface area (Å²) in [5.41, 5.74) is 3.87. The molecule has 1 fully saturated rings. The average molecular weight is 411 g/mol. The summed E-state index contributed by atoms with van der Waals surface area (Å²) in [6, 6.07) is 9.76. The lowest BCUT2D eigenvalue weighted by Crippen LogP contribution is -2.59. The lowest BCUT2D eigenvalue weighted by atomic mass is 10.1. The topological polar surface area (TPSA) is 24.5 Å². The van der Waals surface area contributed by atoms with E-state index in [1.807, 2.05) is 12.3 Å². The van der Waals surface area contributed by atoms with Crippen molar-refractivity contribution >= 4 is 0 Å². The number of fused-ring (bicyclic) bond motifs is 2. The highest BCUT2D eigenvalue weighted by Crippen LogP contribution is 2.35. The molecule has 0 amide bonds. The third-order valence-electron chi connectivity index (χ3n) is 7.45. The molecule has 1 aromatic carbocycles. The highest BCUT2D eigenvalue weighted by atomic mass is 16.5. The third kappa shape index (κ3) is 4.60. The van der Waals surface area contributed by atoms with Crippen molar-refractivity contribution < 1.29 is 9.22 Å². The first-order valence-corrected chi connectivity index (χ1v) is 12.0. The zero-order valence-electron chi connectivity index (χ0n) is 19.4. The van der Waals surface area contributed by atoms with Gasteiger partial charge < -0.3 is 19.4 Å². The molecule has 0 unspecified atom stereocenters. The van der Waals surface area contributed by atoms with Crippen molar-refractivity contribution in [3.05, 3.63) is 53.4 Å². The maximum atomic E-state index is 5.99. The number of benzene rings is 1. The number of hydrogen-bond acceptors (Lipinski definition) is 3. The number of nitrogens with zero attached hydrogens (tertiary/aromatic N) is 2. The quantitative estimate of drug-likeness (QED) is 0.447. The van der Waals surface area contributed by atoms with Gasteiger partial charge in [0.1, 0.15) is 12.0 Å². The maximum Gasteiger partial charge on any atom is 0.131 e. The number of para-hydroxylation sites is 1. The van der Waals surface area contributed by atoms with Crippen LogP contribution >= 0.6 is 0 Å². The fraction of sp³-hybridized carbons (Fsp3) is 0.615. The van der Waals surface area contributed by atoms with Crippen LogP contribution < -0.4 is 10.1 Å². The van der Waals surface area contributed by atoms with Crippen molar-refractivity contribution in [1.82, 2.24) is 10.2 Å². The second kappa shape index (κ2) is 9.15. The van der Waals surface area contributed by atoms with E-state index in [9.17, 15) is 0 Å². The van der Waals surface area contributed by atoms with E-state index in [1.54, 1.807) is 0 Å². The standard InChI is InChI=1S/C26H40N3O/c1-20(2)29(21(3)4,18-22-10-11-22)15-7-13-27-16-23-12-14-28-17-24-8-5-6-9-26(24)30-19-25(23)28/h5-6,8-9,12,19-22,27H,7,10-11,13-18H2,1-4H3/q+1. The molecule has 0 aromatic heterocycles. The van der Waals surface area contributed by atoms with Gasteiger partial charge in [-0.15, -0.1) is 0 Å². The third-order valence-corrected chi connectivity index (χ3v) is 7.45. The Hall–Kier alpha value is -1.78. The molecule has 2 heterocycles. The molecule has 2 aliphatic heterocycles. The fourth-order valence-corrected chi connectivity index (χ4v) is 5.29. The van der Waals surface area contributed by atoms with Crippen LogP contribution in [0, 0.1) is 5.92 Å². The summed E-state index contributed by atoms with van der Waals surface area (Å²) in [6.45, 7) is 16.2. The molecular weight excluding hydrogens is 370 g/mol. The molecule has 4 heteroatoms. The van der Waals surface area contributed by atoms with Gasteiger partial charge in [-0.2, -0.15) is 0 Å². The number of ether oxygens (including phenoxy) is 1. The van der Waals surface area contributed by atoms with Gasteiger partial charge in [0.15, 0.2) is 0 Å². The molecular formula is C26H40N3O+. The zero-order chi connectivity index (χ0) is 21.1. The largest absolute Gasteiger partial charge is 0.462 e. The lowest BCUT2D eigenvalue weighted by Gasteiger charge is -2.46. The van der Waals surface area contributed by atoms with Gasteiger partial charge in [-0.3, -0.25) is 0 Å². The van der Waals surface area contributed by atoms with Crippen molar-refractivity contribution in [3.8, 4) is 5.75 Å². The maximum absolute atomic E-state index is 5.99. The Morgan fingerprint density at radius 2 is 1.90 bits per heavy atom. The van der Waals surface area contributed by atoms with Crippen LogP contribution in [0.3, 0.4) is 0 Å². The van der Waals surface area contributed by atoms with Crippen LogP contribution in [0.25, 0.3) is 0 Å². The van der Waals surface area contributed by atoms with Crippen LogP contribution in [0.4, 0.5) is 0 Å². The van der Waals surface area contributed by atoms with E-state index in [4.69, 9.17) is 4.74 Å². The van der Waals surface area contributed by atoms with E-state index in [0.29, 0.717) is 12.1 Å². The molecule has 0 bridgehead atoms. The van der Waals surface area contributed by atoms with Crippen LogP contribution in [-0.4, -0.2) is 54.2 Å². The highest BCUT2D eigenvalue weighted by molar-refractivity contribution is 5.42. The van der Waals surface area contributed by atoms with E-state index in [2.05, 4.69) is 62.2 Å². The molecule has 1 saturated carbocycles. The molecule has 0 radical (unpaired) electrons. The average Bonchev–Trinajstić information content (AvgIpc) is 3.49. The van der Waals surface area contributed by atoms with E-state index in [-0.39, 0.29) is 0 Å². The van der Waals surface area contributed by atoms with Gasteiger partial charge in [-0.1, -0.05) is 24.3 Å². The molecule has 4 nitrogen and oxygen atoms in total. The molecule has 4 rings (SSSR count). The number of quaternary nitrogens is 1. The van der Waals surface area contributed by atoms with Crippen LogP contribution in [0.1, 0.15) is 52.5 Å². The highest BCUT2D eigenvalue weighted by Gasteiger charge is 2.40. The summed E-state index contributed by atoms with van der Waals surface area (Å²) in [7, 11) is 0. The Bertz CT molecular complexity index is 783. The molecule has 1 aliphatic carbocycles. The van der Waals surface area contributed by atoms with Gasteiger partial charge in [0, 0.05) is 44.1 Å². The summed E-state index contributed by atoms with van der Waals surface area (Å²) in [5, 5.41) is 3.72. The minimum atomic E-state index is 0.701. The van der Waals surface area contributed by atoms with Gasteiger partial charge >= 0.3 is 0 Å². The summed E-state index contributed by atoms with van der Waals surface area (Å²) < 4.78 is 7.26. The zero-order valence-corrected chi connectivity index (χ0v) is 19.4. The Labute approximate surface area is 183 Å². The summed E-state index contributed by atoms with van der Waals surface area (Å²) >= 11 is 0. The van der Waals surface area contributed by atoms with Crippen LogP contribution in [0.5, 0.6) is 5.75 Å². The molecule has 0 atom stereocenters. The summed E-state index contributed by atoms with van der Waals surface area (Å²) in [4.78, 5) is 2.41. The minimum Gasteiger partial charge on any atom is -0.462 e. The first-order chi connectivity index (χ1) is 14.5. The first-order valence-electron chi connectivity index (χ1n) is 12.0. The monoisotopic (exact) mass is 410 g/mol. The van der Waals surface area contributed by atoms with Gasteiger partial charge in [0.05, 0.1) is 30.9 Å². The van der Waals surface area contributed by atoms with Crippen molar-refractivity contribution in [2.24, 2.45) is 5.92 Å². The summed E-state index contributed by atoms with van der Waals surface area (Å²) in [5.74, 6) is 1.96. The first kappa shape index (κ1) is 21.5. The van der Waals surface area contributed by atoms with Gasteiger partial charge in [0.2, 0.25) is 0 Å². The minimum absolute atomic E-state index is 0.701. The fourth-order valence-electron chi connectivity index (χ4n) is 5.29. The normalized spacial score (nSPS) is 18.7. The van der Waals surface area contributed by atoms with E-state index < -0.39 is 0 Å². The Morgan fingerprint density at radius 3 is 2.63 bits per heavy atom. The van der Waals surface area contributed by atoms with Crippen LogP contribution in [0.15, 0.2) is 47.9 Å². The van der Waals surface area contributed by atoms with Gasteiger partial charge in [-0.05, 0) is 52.2 Å².